The van der Waals surface area contributed by atoms with Gasteiger partial charge in [0.1, 0.15) is 5.75 Å². The van der Waals surface area contributed by atoms with Gasteiger partial charge in [-0.2, -0.15) is 0 Å². The van der Waals surface area contributed by atoms with Crippen LogP contribution in [-0.2, 0) is 0 Å². The molecule has 0 aliphatic heterocycles. The van der Waals surface area contributed by atoms with E-state index in [4.69, 9.17) is 10.5 Å². The third-order valence-corrected chi connectivity index (χ3v) is 4.12. The van der Waals surface area contributed by atoms with Crippen molar-refractivity contribution in [3.63, 3.8) is 0 Å². The standard InChI is InChI=1S/C15H23NO2/c1-18-13-7-5-12(6-8-13)14(11-16)15(17)9-3-2-4-10-15/h5-8,14,17H,2-4,9-11,16H2,1H3/t14-/m0/s1. The van der Waals surface area contributed by atoms with Crippen molar-refractivity contribution in [3.8, 4) is 5.75 Å². The zero-order chi connectivity index (χ0) is 13.0. The minimum atomic E-state index is -0.623. The lowest BCUT2D eigenvalue weighted by Gasteiger charge is -2.39. The summed E-state index contributed by atoms with van der Waals surface area (Å²) in [6.07, 6.45) is 5.15. The van der Waals surface area contributed by atoms with Crippen LogP contribution in [0.3, 0.4) is 0 Å². The average Bonchev–Trinajstić information content (AvgIpc) is 2.41. The largest absolute Gasteiger partial charge is 0.497 e. The number of ether oxygens (including phenoxy) is 1. The van der Waals surface area contributed by atoms with Gasteiger partial charge in [-0.1, -0.05) is 31.4 Å². The maximum atomic E-state index is 10.8. The zero-order valence-electron chi connectivity index (χ0n) is 11.1. The summed E-state index contributed by atoms with van der Waals surface area (Å²) in [6, 6.07) is 7.90. The molecule has 18 heavy (non-hydrogen) atoms. The smallest absolute Gasteiger partial charge is 0.118 e. The highest BCUT2D eigenvalue weighted by atomic mass is 16.5. The molecule has 1 saturated carbocycles. The lowest BCUT2D eigenvalue weighted by molar-refractivity contribution is -0.0194. The molecule has 0 amide bonds. The Kier molecular flexibility index (Phi) is 4.25. The molecule has 100 valence electrons. The van der Waals surface area contributed by atoms with Gasteiger partial charge in [-0.25, -0.2) is 0 Å². The fourth-order valence-corrected chi connectivity index (χ4v) is 3.01. The third kappa shape index (κ3) is 2.68. The van der Waals surface area contributed by atoms with Crippen molar-refractivity contribution in [1.29, 1.82) is 0 Å². The van der Waals surface area contributed by atoms with Gasteiger partial charge in [0.15, 0.2) is 0 Å². The molecule has 1 aliphatic rings. The molecule has 3 heteroatoms. The first-order valence-corrected chi connectivity index (χ1v) is 6.76. The van der Waals surface area contributed by atoms with E-state index in [-0.39, 0.29) is 5.92 Å². The molecule has 1 atom stereocenters. The van der Waals surface area contributed by atoms with Gasteiger partial charge in [0.05, 0.1) is 12.7 Å². The van der Waals surface area contributed by atoms with Crippen LogP contribution in [0.1, 0.15) is 43.6 Å². The number of methoxy groups -OCH3 is 1. The number of nitrogens with two attached hydrogens (primary N) is 1. The topological polar surface area (TPSA) is 55.5 Å². The van der Waals surface area contributed by atoms with Crippen LogP contribution in [0, 0.1) is 0 Å². The minimum Gasteiger partial charge on any atom is -0.497 e. The minimum absolute atomic E-state index is 0.0312. The molecule has 0 aromatic heterocycles. The Morgan fingerprint density at radius 2 is 1.83 bits per heavy atom. The predicted molar refractivity (Wildman–Crippen MR) is 72.8 cm³/mol. The van der Waals surface area contributed by atoms with Crippen molar-refractivity contribution < 1.29 is 9.84 Å². The normalized spacial score (nSPS) is 20.4. The summed E-state index contributed by atoms with van der Waals surface area (Å²) in [5.74, 6) is 0.869. The molecule has 0 heterocycles. The molecule has 3 N–H and O–H groups in total. The summed E-state index contributed by atoms with van der Waals surface area (Å²) in [6.45, 7) is 0.489. The Bertz CT molecular complexity index is 369. The zero-order valence-corrected chi connectivity index (χ0v) is 11.1. The second-order valence-electron chi connectivity index (χ2n) is 5.23. The molecule has 0 radical (unpaired) electrons. The second kappa shape index (κ2) is 5.72. The molecule has 0 saturated heterocycles. The second-order valence-corrected chi connectivity index (χ2v) is 5.23. The number of hydrogen-bond donors (Lipinski definition) is 2. The van der Waals surface area contributed by atoms with Gasteiger partial charge in [0, 0.05) is 12.5 Å². The van der Waals surface area contributed by atoms with Crippen LogP contribution in [0.25, 0.3) is 0 Å². The SMILES string of the molecule is COc1ccc([C@H](CN)C2(O)CCCCC2)cc1. The maximum absolute atomic E-state index is 10.8. The van der Waals surface area contributed by atoms with Crippen LogP contribution in [0.2, 0.25) is 0 Å². The summed E-state index contributed by atoms with van der Waals surface area (Å²) < 4.78 is 5.16. The fourth-order valence-electron chi connectivity index (χ4n) is 3.01. The molecule has 0 unspecified atom stereocenters. The molecular formula is C15H23NO2. The predicted octanol–water partition coefficient (Wildman–Crippen LogP) is 2.43. The molecule has 0 spiro atoms. The van der Waals surface area contributed by atoms with Crippen molar-refractivity contribution in [3.05, 3.63) is 29.8 Å². The van der Waals surface area contributed by atoms with Gasteiger partial charge >= 0.3 is 0 Å². The van der Waals surface area contributed by atoms with E-state index in [0.717, 1.165) is 37.0 Å². The van der Waals surface area contributed by atoms with Gasteiger partial charge in [0.25, 0.3) is 0 Å². The van der Waals surface area contributed by atoms with Crippen molar-refractivity contribution in [2.45, 2.75) is 43.6 Å². The van der Waals surface area contributed by atoms with Gasteiger partial charge in [-0.05, 0) is 30.5 Å². The molecule has 0 bridgehead atoms. The Balaban J connectivity index is 2.20. The van der Waals surface area contributed by atoms with Crippen LogP contribution < -0.4 is 10.5 Å². The number of hydrogen-bond acceptors (Lipinski definition) is 3. The van der Waals surface area contributed by atoms with Crippen molar-refractivity contribution in [1.82, 2.24) is 0 Å². The van der Waals surface area contributed by atoms with E-state index < -0.39 is 5.60 Å². The molecule has 2 rings (SSSR count). The molecular weight excluding hydrogens is 226 g/mol. The Hall–Kier alpha value is -1.06. The number of aliphatic hydroxyl groups is 1. The van der Waals surface area contributed by atoms with E-state index in [2.05, 4.69) is 0 Å². The van der Waals surface area contributed by atoms with Crippen LogP contribution in [-0.4, -0.2) is 24.4 Å². The number of rotatable bonds is 4. The van der Waals surface area contributed by atoms with Crippen molar-refractivity contribution >= 4 is 0 Å². The van der Waals surface area contributed by atoms with Gasteiger partial charge < -0.3 is 15.6 Å². The lowest BCUT2D eigenvalue weighted by Crippen LogP contribution is -2.41. The Labute approximate surface area is 109 Å². The molecule has 1 aliphatic carbocycles. The summed E-state index contributed by atoms with van der Waals surface area (Å²) in [7, 11) is 1.66. The van der Waals surface area contributed by atoms with Crippen LogP contribution in [0.5, 0.6) is 5.75 Å². The van der Waals surface area contributed by atoms with E-state index in [0.29, 0.717) is 6.54 Å². The first-order valence-electron chi connectivity index (χ1n) is 6.76. The van der Waals surface area contributed by atoms with E-state index >= 15 is 0 Å². The Morgan fingerprint density at radius 3 is 2.33 bits per heavy atom. The van der Waals surface area contributed by atoms with Gasteiger partial charge in [-0.3, -0.25) is 0 Å². The highest BCUT2D eigenvalue weighted by Gasteiger charge is 2.37. The summed E-state index contributed by atoms with van der Waals surface area (Å²) >= 11 is 0. The third-order valence-electron chi connectivity index (χ3n) is 4.12. The van der Waals surface area contributed by atoms with Crippen LogP contribution in [0.4, 0.5) is 0 Å². The van der Waals surface area contributed by atoms with E-state index in [9.17, 15) is 5.11 Å². The number of benzene rings is 1. The van der Waals surface area contributed by atoms with E-state index in [1.54, 1.807) is 7.11 Å². The quantitative estimate of drug-likeness (QED) is 0.861. The van der Waals surface area contributed by atoms with Gasteiger partial charge in [0.2, 0.25) is 0 Å². The molecule has 1 aromatic rings. The first kappa shape index (κ1) is 13.4. The van der Waals surface area contributed by atoms with E-state index in [1.807, 2.05) is 24.3 Å². The Morgan fingerprint density at radius 1 is 1.22 bits per heavy atom. The average molecular weight is 249 g/mol. The molecule has 1 fully saturated rings. The first-order chi connectivity index (χ1) is 8.69. The lowest BCUT2D eigenvalue weighted by atomic mass is 9.73. The van der Waals surface area contributed by atoms with Crippen molar-refractivity contribution in [2.75, 3.05) is 13.7 Å². The summed E-state index contributed by atoms with van der Waals surface area (Å²) in [5.41, 5.74) is 6.39. The maximum Gasteiger partial charge on any atom is 0.118 e. The fraction of sp³-hybridized carbons (Fsp3) is 0.600. The van der Waals surface area contributed by atoms with E-state index in [1.165, 1.54) is 6.42 Å². The highest BCUT2D eigenvalue weighted by molar-refractivity contribution is 5.31. The summed E-state index contributed by atoms with van der Waals surface area (Å²) in [5, 5.41) is 10.8. The van der Waals surface area contributed by atoms with Crippen LogP contribution in [0.15, 0.2) is 24.3 Å². The van der Waals surface area contributed by atoms with Crippen LogP contribution >= 0.6 is 0 Å². The molecule has 3 nitrogen and oxygen atoms in total. The summed E-state index contributed by atoms with van der Waals surface area (Å²) in [4.78, 5) is 0. The molecule has 1 aromatic carbocycles. The highest BCUT2D eigenvalue weighted by Crippen LogP contribution is 2.39. The van der Waals surface area contributed by atoms with Gasteiger partial charge in [-0.15, -0.1) is 0 Å². The van der Waals surface area contributed by atoms with Crippen molar-refractivity contribution in [2.24, 2.45) is 5.73 Å². The monoisotopic (exact) mass is 249 g/mol.